The molecular formula is C45H55ClN2O6. The zero-order valence-electron chi connectivity index (χ0n) is 32.2. The molecule has 0 aliphatic heterocycles. The number of pyridine rings is 1. The quantitative estimate of drug-likeness (QED) is 0.115. The van der Waals surface area contributed by atoms with Gasteiger partial charge >= 0.3 is 5.97 Å². The number of aromatic nitrogens is 1. The number of aryl methyl sites for hydroxylation is 1. The van der Waals surface area contributed by atoms with E-state index in [2.05, 4.69) is 42.9 Å². The Morgan fingerprint density at radius 2 is 1.83 bits per heavy atom. The van der Waals surface area contributed by atoms with Crippen molar-refractivity contribution in [1.29, 1.82) is 0 Å². The number of carboxylic acids is 1. The average molecular weight is 755 g/mol. The molecule has 11 atom stereocenters. The van der Waals surface area contributed by atoms with Crippen LogP contribution in [0, 0.1) is 65.1 Å². The maximum absolute atomic E-state index is 12.6. The molecule has 4 fully saturated rings. The number of nitrogens with zero attached hydrogens (tertiary/aromatic N) is 1. The highest BCUT2D eigenvalue weighted by Crippen LogP contribution is 2.69. The minimum atomic E-state index is -1.22. The minimum Gasteiger partial charge on any atom is -0.481 e. The topological polar surface area (TPSA) is 140 Å². The molecule has 9 heteroatoms. The summed E-state index contributed by atoms with van der Waals surface area (Å²) < 4.78 is 0. The van der Waals surface area contributed by atoms with Crippen LogP contribution in [0.5, 0.6) is 0 Å². The molecule has 0 bridgehead atoms. The lowest BCUT2D eigenvalue weighted by atomic mass is 9.42. The second kappa shape index (κ2) is 14.5. The Morgan fingerprint density at radius 3 is 2.56 bits per heavy atom. The molecule has 3 aromatic rings. The molecule has 0 spiro atoms. The van der Waals surface area contributed by atoms with Gasteiger partial charge in [0.15, 0.2) is 5.78 Å². The maximum Gasteiger partial charge on any atom is 0.303 e. The number of carboxylic acid groups (broad SMARTS) is 1. The van der Waals surface area contributed by atoms with Gasteiger partial charge in [0, 0.05) is 23.9 Å². The standard InChI is InChI=1S/C45H55ClN2O6/c1-25(10-15-39(52)53)32-13-14-33-41-34(22-38(51)44(32,33)5)43(4)18-19-45(54,23-30(43)21-37(41)50)17-16-29-12-11-28(20-35(29)46)24-47-42-31-8-6-7-9-36(31)48-26(2)40(42)27(3)49/h6-9,11-12,20,25,30,32-34,37-38,41,50-51,54H,10,13-15,18-19,21-24H2,1-5H3,(H,47,48)(H,52,53)/t25-,30?,32-,33?,34?,37-,38+,41?,43+,44-,45-/m1/s1. The molecule has 4 aliphatic rings. The normalized spacial score (nSPS) is 34.9. The van der Waals surface area contributed by atoms with Gasteiger partial charge in [-0.15, -0.1) is 0 Å². The first-order valence-electron chi connectivity index (χ1n) is 19.8. The first-order valence-corrected chi connectivity index (χ1v) is 20.2. The Bertz CT molecular complexity index is 2020. The molecule has 0 saturated heterocycles. The Labute approximate surface area is 324 Å². The van der Waals surface area contributed by atoms with Crippen LogP contribution in [-0.4, -0.2) is 55.0 Å². The van der Waals surface area contributed by atoms with E-state index < -0.39 is 23.8 Å². The molecule has 4 aliphatic carbocycles. The number of aliphatic hydroxyl groups excluding tert-OH is 2. The molecule has 8 nitrogen and oxygen atoms in total. The number of fused-ring (bicyclic) bond motifs is 6. The monoisotopic (exact) mass is 754 g/mol. The zero-order valence-corrected chi connectivity index (χ0v) is 32.9. The number of anilines is 1. The molecule has 0 radical (unpaired) electrons. The fraction of sp³-hybridized carbons (Fsp3) is 0.578. The summed E-state index contributed by atoms with van der Waals surface area (Å²) in [5, 5.41) is 49.8. The molecule has 5 N–H and O–H groups in total. The van der Waals surface area contributed by atoms with Gasteiger partial charge in [0.2, 0.25) is 0 Å². The van der Waals surface area contributed by atoms with Gasteiger partial charge in [-0.05, 0) is 135 Å². The summed E-state index contributed by atoms with van der Waals surface area (Å²) in [6.07, 6.45) is 4.55. The van der Waals surface area contributed by atoms with Crippen molar-refractivity contribution < 1.29 is 30.0 Å². The summed E-state index contributed by atoms with van der Waals surface area (Å²) in [6, 6.07) is 13.4. The van der Waals surface area contributed by atoms with E-state index in [0.29, 0.717) is 60.5 Å². The number of benzene rings is 2. The molecule has 4 saturated carbocycles. The lowest BCUT2D eigenvalue weighted by Gasteiger charge is -2.64. The van der Waals surface area contributed by atoms with Crippen molar-refractivity contribution in [3.05, 3.63) is 69.9 Å². The zero-order chi connectivity index (χ0) is 38.7. The summed E-state index contributed by atoms with van der Waals surface area (Å²) in [6.45, 7) is 10.5. The van der Waals surface area contributed by atoms with Gasteiger partial charge < -0.3 is 25.7 Å². The smallest absolute Gasteiger partial charge is 0.303 e. The van der Waals surface area contributed by atoms with Crippen LogP contribution >= 0.6 is 11.6 Å². The van der Waals surface area contributed by atoms with Crippen molar-refractivity contribution in [1.82, 2.24) is 4.98 Å². The molecular weight excluding hydrogens is 700 g/mol. The lowest BCUT2D eigenvalue weighted by molar-refractivity contribution is -0.211. The number of hydrogen-bond acceptors (Lipinski definition) is 7. The van der Waals surface area contributed by atoms with Crippen molar-refractivity contribution in [2.24, 2.45) is 46.3 Å². The molecule has 0 amide bonds. The van der Waals surface area contributed by atoms with Crippen LogP contribution in [0.1, 0.15) is 113 Å². The highest BCUT2D eigenvalue weighted by Gasteiger charge is 2.66. The number of hydrogen-bond donors (Lipinski definition) is 5. The van der Waals surface area contributed by atoms with Crippen molar-refractivity contribution >= 4 is 39.9 Å². The Balaban J connectivity index is 1.05. The van der Waals surface area contributed by atoms with Crippen molar-refractivity contribution in [3.8, 4) is 11.8 Å². The summed E-state index contributed by atoms with van der Waals surface area (Å²) >= 11 is 6.78. The first-order chi connectivity index (χ1) is 25.6. The fourth-order valence-electron chi connectivity index (χ4n) is 11.9. The third-order valence-electron chi connectivity index (χ3n) is 14.8. The fourth-order valence-corrected chi connectivity index (χ4v) is 12.2. The van der Waals surface area contributed by atoms with Crippen molar-refractivity contribution in [2.45, 2.75) is 117 Å². The summed E-state index contributed by atoms with van der Waals surface area (Å²) in [7, 11) is 0. The largest absolute Gasteiger partial charge is 0.481 e. The van der Waals surface area contributed by atoms with Crippen LogP contribution < -0.4 is 5.32 Å². The molecule has 288 valence electrons. The van der Waals surface area contributed by atoms with Gasteiger partial charge in [-0.3, -0.25) is 14.6 Å². The molecule has 1 heterocycles. The number of Topliss-reactive ketones (excluding diaryl/α,β-unsaturated/α-hetero) is 1. The second-order valence-electron chi connectivity index (χ2n) is 17.7. The van der Waals surface area contributed by atoms with Gasteiger partial charge in [0.1, 0.15) is 5.60 Å². The van der Waals surface area contributed by atoms with E-state index in [1.165, 1.54) is 0 Å². The third kappa shape index (κ3) is 6.74. The van der Waals surface area contributed by atoms with E-state index in [4.69, 9.17) is 11.6 Å². The summed E-state index contributed by atoms with van der Waals surface area (Å²) in [5.41, 5.74) is 2.67. The highest BCUT2D eigenvalue weighted by atomic mass is 35.5. The van der Waals surface area contributed by atoms with Crippen LogP contribution in [0.4, 0.5) is 5.69 Å². The number of aliphatic hydroxyl groups is 3. The van der Waals surface area contributed by atoms with Crippen LogP contribution in [0.2, 0.25) is 5.02 Å². The van der Waals surface area contributed by atoms with E-state index >= 15 is 0 Å². The van der Waals surface area contributed by atoms with Gasteiger partial charge in [-0.25, -0.2) is 0 Å². The van der Waals surface area contributed by atoms with E-state index in [9.17, 15) is 30.0 Å². The lowest BCUT2D eigenvalue weighted by Crippen LogP contribution is -2.63. The molecule has 2 aromatic carbocycles. The minimum absolute atomic E-state index is 0.0527. The maximum atomic E-state index is 12.6. The van der Waals surface area contributed by atoms with E-state index in [0.717, 1.165) is 41.4 Å². The van der Waals surface area contributed by atoms with Crippen LogP contribution in [0.15, 0.2) is 42.5 Å². The number of rotatable bonds is 8. The SMILES string of the molecule is CC(=O)c1c(C)nc2ccccc2c1NCc1ccc(C#C[C@@]2(O)CC[C@@]3(C)C(C[C@@H](O)C4C3C[C@H](O)[C@@]3(C)C4CC[C@@H]3[C@H](C)CCC(=O)O)C2)c(Cl)c1. The average Bonchev–Trinajstić information content (AvgIpc) is 3.48. The van der Waals surface area contributed by atoms with E-state index in [-0.39, 0.29) is 58.5 Å². The van der Waals surface area contributed by atoms with E-state index in [1.807, 2.05) is 49.4 Å². The first kappa shape index (κ1) is 38.8. The van der Waals surface area contributed by atoms with Crippen LogP contribution in [0.3, 0.4) is 0 Å². The Hall–Kier alpha value is -3.48. The Kier molecular flexibility index (Phi) is 10.4. The Morgan fingerprint density at radius 1 is 1.07 bits per heavy atom. The number of para-hydroxylation sites is 1. The summed E-state index contributed by atoms with van der Waals surface area (Å²) in [4.78, 5) is 28.6. The van der Waals surface area contributed by atoms with Gasteiger partial charge in [0.25, 0.3) is 0 Å². The molecule has 54 heavy (non-hydrogen) atoms. The third-order valence-corrected chi connectivity index (χ3v) is 15.1. The molecule has 4 unspecified atom stereocenters. The van der Waals surface area contributed by atoms with Gasteiger partial charge in [-0.2, -0.15) is 0 Å². The highest BCUT2D eigenvalue weighted by molar-refractivity contribution is 6.31. The van der Waals surface area contributed by atoms with Gasteiger partial charge in [-0.1, -0.05) is 68.5 Å². The number of aliphatic carboxylic acids is 1. The van der Waals surface area contributed by atoms with Crippen LogP contribution in [0.25, 0.3) is 10.9 Å². The van der Waals surface area contributed by atoms with Crippen LogP contribution in [-0.2, 0) is 11.3 Å². The van der Waals surface area contributed by atoms with Crippen molar-refractivity contribution in [3.63, 3.8) is 0 Å². The molecule has 1 aromatic heterocycles. The van der Waals surface area contributed by atoms with Gasteiger partial charge in [0.05, 0.1) is 39.7 Å². The number of carbonyl (C=O) groups excluding carboxylic acids is 1. The summed E-state index contributed by atoms with van der Waals surface area (Å²) in [5.74, 6) is 6.42. The number of halogens is 1. The second-order valence-corrected chi connectivity index (χ2v) is 18.1. The van der Waals surface area contributed by atoms with Crippen molar-refractivity contribution in [2.75, 3.05) is 5.32 Å². The molecule has 7 rings (SSSR count). The number of nitrogens with one attached hydrogen (secondary N) is 1. The number of ketones is 1. The predicted octanol–water partition coefficient (Wildman–Crippen LogP) is 8.20. The predicted molar refractivity (Wildman–Crippen MR) is 211 cm³/mol. The number of carbonyl (C=O) groups is 2. The van der Waals surface area contributed by atoms with E-state index in [1.54, 1.807) is 6.92 Å².